The highest BCUT2D eigenvalue weighted by atomic mass is 35.5. The molecule has 5 rings (SSSR count). The van der Waals surface area contributed by atoms with Crippen LogP contribution < -0.4 is 5.69 Å². The molecule has 0 saturated heterocycles. The minimum absolute atomic E-state index is 0.128. The van der Waals surface area contributed by atoms with E-state index < -0.39 is 5.69 Å². The van der Waals surface area contributed by atoms with Gasteiger partial charge in [0.05, 0.1) is 30.8 Å². The van der Waals surface area contributed by atoms with Gasteiger partial charge in [-0.3, -0.25) is 4.98 Å². The van der Waals surface area contributed by atoms with Crippen LogP contribution in [-0.4, -0.2) is 29.4 Å². The number of hydrogen-bond acceptors (Lipinski definition) is 5. The number of nitrogens with zero attached hydrogens (tertiary/aromatic N) is 6. The Balaban J connectivity index is 1.73. The van der Waals surface area contributed by atoms with Gasteiger partial charge in [-0.2, -0.15) is 9.61 Å². The van der Waals surface area contributed by atoms with E-state index in [1.54, 1.807) is 30.5 Å². The molecule has 0 aliphatic rings. The molecule has 0 bridgehead atoms. The van der Waals surface area contributed by atoms with Crippen molar-refractivity contribution < 1.29 is 0 Å². The normalized spacial score (nSPS) is 11.2. The fraction of sp³-hybridized carbons (Fsp3) is 0.0455. The Hall–Kier alpha value is -3.26. The first-order valence-corrected chi connectivity index (χ1v) is 10.6. The number of hydrogen-bond donors (Lipinski definition) is 0. The Bertz CT molecular complexity index is 1480. The Morgan fingerprint density at radius 3 is 2.06 bits per heavy atom. The van der Waals surface area contributed by atoms with Gasteiger partial charge in [-0.25, -0.2) is 14.5 Å². The Morgan fingerprint density at radius 1 is 0.781 bits per heavy atom. The van der Waals surface area contributed by atoms with Crippen LogP contribution in [0.4, 0.5) is 0 Å². The zero-order valence-corrected chi connectivity index (χ0v) is 18.6. The van der Waals surface area contributed by atoms with E-state index in [1.165, 1.54) is 21.6 Å². The molecule has 7 nitrogen and oxygen atoms in total. The van der Waals surface area contributed by atoms with Crippen molar-refractivity contribution in [3.05, 3.63) is 98.5 Å². The average Bonchev–Trinajstić information content (AvgIpc) is 3.11. The first-order valence-electron chi connectivity index (χ1n) is 9.47. The summed E-state index contributed by atoms with van der Waals surface area (Å²) in [6.07, 6.45) is 4.58. The first kappa shape index (κ1) is 20.6. The SMILES string of the molecule is O=c1n(Cc2cnc(Cl)cn2)nc2c(-c3ccc(Cl)cc3)c(-c3ccc(Cl)cc3)cnn12. The van der Waals surface area contributed by atoms with Crippen molar-refractivity contribution in [1.29, 1.82) is 0 Å². The molecule has 0 spiro atoms. The maximum Gasteiger partial charge on any atom is 0.367 e. The third-order valence-electron chi connectivity index (χ3n) is 4.89. The number of aromatic nitrogens is 6. The van der Waals surface area contributed by atoms with Gasteiger partial charge >= 0.3 is 5.69 Å². The fourth-order valence-electron chi connectivity index (χ4n) is 3.39. The topological polar surface area (TPSA) is 78.0 Å². The molecule has 0 atom stereocenters. The summed E-state index contributed by atoms with van der Waals surface area (Å²) in [6.45, 7) is 0.128. The molecule has 158 valence electrons. The van der Waals surface area contributed by atoms with Crippen molar-refractivity contribution in [1.82, 2.24) is 29.4 Å². The highest BCUT2D eigenvalue weighted by molar-refractivity contribution is 6.31. The van der Waals surface area contributed by atoms with E-state index in [2.05, 4.69) is 20.2 Å². The molecular formula is C22H13Cl3N6O. The molecule has 0 aliphatic carbocycles. The molecule has 0 unspecified atom stereocenters. The van der Waals surface area contributed by atoms with Gasteiger partial charge in [0.15, 0.2) is 5.65 Å². The lowest BCUT2D eigenvalue weighted by atomic mass is 9.97. The molecule has 3 heterocycles. The van der Waals surface area contributed by atoms with Crippen LogP contribution in [-0.2, 0) is 6.54 Å². The van der Waals surface area contributed by atoms with Gasteiger partial charge in [-0.05, 0) is 35.4 Å². The fourth-order valence-corrected chi connectivity index (χ4v) is 3.74. The van der Waals surface area contributed by atoms with Crippen LogP contribution in [0.15, 0.2) is 71.9 Å². The van der Waals surface area contributed by atoms with E-state index >= 15 is 0 Å². The number of halogens is 3. The molecule has 3 aromatic heterocycles. The lowest BCUT2D eigenvalue weighted by Gasteiger charge is -2.11. The van der Waals surface area contributed by atoms with Crippen LogP contribution >= 0.6 is 34.8 Å². The van der Waals surface area contributed by atoms with Crippen LogP contribution in [0.2, 0.25) is 15.2 Å². The lowest BCUT2D eigenvalue weighted by molar-refractivity contribution is 0.636. The third-order valence-corrected chi connectivity index (χ3v) is 5.59. The molecule has 2 aromatic carbocycles. The van der Waals surface area contributed by atoms with Crippen LogP contribution in [0.1, 0.15) is 5.69 Å². The molecule has 0 amide bonds. The van der Waals surface area contributed by atoms with Gasteiger partial charge in [0, 0.05) is 21.2 Å². The van der Waals surface area contributed by atoms with E-state index in [-0.39, 0.29) is 11.7 Å². The van der Waals surface area contributed by atoms with Crippen molar-refractivity contribution in [3.8, 4) is 22.3 Å². The molecule has 10 heteroatoms. The minimum atomic E-state index is -0.394. The summed E-state index contributed by atoms with van der Waals surface area (Å²) in [5.74, 6) is 0. The van der Waals surface area contributed by atoms with Gasteiger partial charge < -0.3 is 0 Å². The van der Waals surface area contributed by atoms with Crippen LogP contribution in [0.3, 0.4) is 0 Å². The van der Waals surface area contributed by atoms with E-state index in [9.17, 15) is 4.79 Å². The summed E-state index contributed by atoms with van der Waals surface area (Å²) in [5, 5.41) is 10.4. The largest absolute Gasteiger partial charge is 0.367 e. The number of benzene rings is 2. The zero-order valence-electron chi connectivity index (χ0n) is 16.3. The maximum absolute atomic E-state index is 13.0. The molecular weight excluding hydrogens is 471 g/mol. The second-order valence-electron chi connectivity index (χ2n) is 6.95. The summed E-state index contributed by atoms with van der Waals surface area (Å²) in [5.41, 5.74) is 3.85. The van der Waals surface area contributed by atoms with Crippen molar-refractivity contribution in [2.45, 2.75) is 6.54 Å². The van der Waals surface area contributed by atoms with Gasteiger partial charge in [0.1, 0.15) is 5.15 Å². The molecule has 32 heavy (non-hydrogen) atoms. The van der Waals surface area contributed by atoms with Crippen LogP contribution in [0.25, 0.3) is 27.9 Å². The van der Waals surface area contributed by atoms with Crippen LogP contribution in [0.5, 0.6) is 0 Å². The lowest BCUT2D eigenvalue weighted by Crippen LogP contribution is -2.23. The maximum atomic E-state index is 13.0. The van der Waals surface area contributed by atoms with E-state index in [0.29, 0.717) is 21.4 Å². The highest BCUT2D eigenvalue weighted by Gasteiger charge is 2.19. The molecule has 0 fully saturated rings. The second kappa shape index (κ2) is 8.35. The summed E-state index contributed by atoms with van der Waals surface area (Å²) in [6, 6.07) is 14.7. The van der Waals surface area contributed by atoms with Crippen molar-refractivity contribution in [3.63, 3.8) is 0 Å². The Labute approximate surface area is 196 Å². The van der Waals surface area contributed by atoms with Gasteiger partial charge in [0.2, 0.25) is 0 Å². The predicted octanol–water partition coefficient (Wildman–Crippen LogP) is 5.02. The standard InChI is InChI=1S/C22H13Cl3N6O/c23-15-5-1-13(2-6-15)18-10-28-31-21(20(18)14-3-7-16(24)8-4-14)29-30(22(31)32)12-17-9-27-19(25)11-26-17/h1-11H,12H2. The van der Waals surface area contributed by atoms with Crippen molar-refractivity contribution in [2.75, 3.05) is 0 Å². The number of fused-ring (bicyclic) bond motifs is 1. The molecule has 0 N–H and O–H groups in total. The molecule has 0 saturated carbocycles. The molecule has 5 aromatic rings. The van der Waals surface area contributed by atoms with E-state index in [0.717, 1.165) is 22.3 Å². The number of rotatable bonds is 4. The van der Waals surface area contributed by atoms with Gasteiger partial charge in [-0.1, -0.05) is 59.1 Å². The van der Waals surface area contributed by atoms with E-state index in [4.69, 9.17) is 34.8 Å². The van der Waals surface area contributed by atoms with Crippen molar-refractivity contribution in [2.24, 2.45) is 0 Å². The van der Waals surface area contributed by atoms with E-state index in [1.807, 2.05) is 24.3 Å². The third kappa shape index (κ3) is 3.86. The monoisotopic (exact) mass is 482 g/mol. The quantitative estimate of drug-likeness (QED) is 0.358. The Kier molecular flexibility index (Phi) is 5.38. The van der Waals surface area contributed by atoms with Gasteiger partial charge in [-0.15, -0.1) is 5.10 Å². The summed E-state index contributed by atoms with van der Waals surface area (Å²) in [7, 11) is 0. The second-order valence-corrected chi connectivity index (χ2v) is 8.21. The first-order chi connectivity index (χ1) is 15.5. The Morgan fingerprint density at radius 2 is 1.44 bits per heavy atom. The smallest absolute Gasteiger partial charge is 0.254 e. The summed E-state index contributed by atoms with van der Waals surface area (Å²) < 4.78 is 2.57. The predicted molar refractivity (Wildman–Crippen MR) is 124 cm³/mol. The molecule has 0 radical (unpaired) electrons. The highest BCUT2D eigenvalue weighted by Crippen LogP contribution is 2.34. The molecule has 0 aliphatic heterocycles. The van der Waals surface area contributed by atoms with Crippen molar-refractivity contribution >= 4 is 40.4 Å². The van der Waals surface area contributed by atoms with Gasteiger partial charge in [0.25, 0.3) is 0 Å². The zero-order chi connectivity index (χ0) is 22.2. The minimum Gasteiger partial charge on any atom is -0.254 e. The summed E-state index contributed by atoms with van der Waals surface area (Å²) >= 11 is 18.0. The van der Waals surface area contributed by atoms with Crippen LogP contribution in [0, 0.1) is 0 Å². The average molecular weight is 484 g/mol. The summed E-state index contributed by atoms with van der Waals surface area (Å²) in [4.78, 5) is 21.2.